The summed E-state index contributed by atoms with van der Waals surface area (Å²) in [5.74, 6) is -0.270. The van der Waals surface area contributed by atoms with Gasteiger partial charge in [0.25, 0.3) is 11.6 Å². The zero-order chi connectivity index (χ0) is 14.7. The van der Waals surface area contributed by atoms with E-state index in [0.29, 0.717) is 13.1 Å². The van der Waals surface area contributed by atoms with Crippen molar-refractivity contribution in [2.24, 2.45) is 0 Å². The van der Waals surface area contributed by atoms with E-state index in [1.807, 2.05) is 0 Å². The average molecular weight is 299 g/mol. The van der Waals surface area contributed by atoms with Crippen molar-refractivity contribution in [1.82, 2.24) is 4.90 Å². The number of halogens is 1. The first-order valence-corrected chi connectivity index (χ1v) is 6.66. The molecular weight excluding hydrogens is 284 g/mol. The van der Waals surface area contributed by atoms with Crippen molar-refractivity contribution >= 4 is 23.2 Å². The minimum Gasteiger partial charge on any atom is -0.381 e. The zero-order valence-corrected chi connectivity index (χ0v) is 11.8. The molecule has 1 fully saturated rings. The maximum absolute atomic E-state index is 12.4. The Bertz CT molecular complexity index is 527. The SMILES string of the molecule is COC1CCN(C(=O)c2cc([N+](=O)[O-])ccc2Cl)CC1. The number of carbonyl (C=O) groups excluding carboxylic acids is 1. The quantitative estimate of drug-likeness (QED) is 0.635. The molecule has 6 nitrogen and oxygen atoms in total. The van der Waals surface area contributed by atoms with Gasteiger partial charge in [-0.3, -0.25) is 14.9 Å². The van der Waals surface area contributed by atoms with Gasteiger partial charge in [0.2, 0.25) is 0 Å². The third-order valence-corrected chi connectivity index (χ3v) is 3.78. The summed E-state index contributed by atoms with van der Waals surface area (Å²) < 4.78 is 5.25. The van der Waals surface area contributed by atoms with Gasteiger partial charge >= 0.3 is 0 Å². The highest BCUT2D eigenvalue weighted by atomic mass is 35.5. The van der Waals surface area contributed by atoms with Crippen LogP contribution in [0.15, 0.2) is 18.2 Å². The molecule has 1 aromatic rings. The maximum atomic E-state index is 12.4. The first-order chi connectivity index (χ1) is 9.52. The number of nitro benzene ring substituents is 1. The predicted molar refractivity (Wildman–Crippen MR) is 74.0 cm³/mol. The van der Waals surface area contributed by atoms with Gasteiger partial charge in [0.1, 0.15) is 0 Å². The molecule has 1 aromatic carbocycles. The van der Waals surface area contributed by atoms with Crippen LogP contribution in [0, 0.1) is 10.1 Å². The molecule has 108 valence electrons. The molecule has 0 N–H and O–H groups in total. The number of amides is 1. The number of methoxy groups -OCH3 is 1. The first kappa shape index (κ1) is 14.7. The van der Waals surface area contributed by atoms with Gasteiger partial charge in [-0.25, -0.2) is 0 Å². The van der Waals surface area contributed by atoms with Crippen LogP contribution in [-0.2, 0) is 4.74 Å². The van der Waals surface area contributed by atoms with Crippen molar-refractivity contribution in [2.45, 2.75) is 18.9 Å². The standard InChI is InChI=1S/C13H15ClN2O4/c1-20-10-4-6-15(7-5-10)13(17)11-8-9(16(18)19)2-3-12(11)14/h2-3,8,10H,4-7H2,1H3. The highest BCUT2D eigenvalue weighted by Gasteiger charge is 2.25. The fraction of sp³-hybridized carbons (Fsp3) is 0.462. The Balaban J connectivity index is 2.17. The summed E-state index contributed by atoms with van der Waals surface area (Å²) in [7, 11) is 1.65. The molecule has 1 amide bonds. The van der Waals surface area contributed by atoms with Crippen LogP contribution in [0.1, 0.15) is 23.2 Å². The third kappa shape index (κ3) is 3.08. The topological polar surface area (TPSA) is 72.7 Å². The minimum absolute atomic E-state index is 0.135. The summed E-state index contributed by atoms with van der Waals surface area (Å²) in [4.78, 5) is 24.3. The fourth-order valence-corrected chi connectivity index (χ4v) is 2.45. The van der Waals surface area contributed by atoms with Crippen molar-refractivity contribution in [3.8, 4) is 0 Å². The van der Waals surface area contributed by atoms with Crippen molar-refractivity contribution in [3.63, 3.8) is 0 Å². The average Bonchev–Trinajstić information content (AvgIpc) is 2.47. The Hall–Kier alpha value is -1.66. The molecule has 1 heterocycles. The molecule has 1 aliphatic rings. The number of benzene rings is 1. The predicted octanol–water partition coefficient (Wildman–Crippen LogP) is 2.50. The van der Waals surface area contributed by atoms with Gasteiger partial charge in [0.05, 0.1) is 21.6 Å². The molecule has 0 aromatic heterocycles. The molecule has 1 aliphatic heterocycles. The maximum Gasteiger partial charge on any atom is 0.270 e. The molecule has 0 bridgehead atoms. The molecule has 7 heteroatoms. The Morgan fingerprint density at radius 3 is 2.65 bits per heavy atom. The lowest BCUT2D eigenvalue weighted by atomic mass is 10.1. The Labute approximate surface area is 121 Å². The molecule has 1 saturated heterocycles. The lowest BCUT2D eigenvalue weighted by molar-refractivity contribution is -0.384. The summed E-state index contributed by atoms with van der Waals surface area (Å²) in [6, 6.07) is 3.90. The second-order valence-corrected chi connectivity index (χ2v) is 5.06. The molecule has 2 rings (SSSR count). The number of ether oxygens (including phenoxy) is 1. The molecular formula is C13H15ClN2O4. The van der Waals surface area contributed by atoms with Crippen molar-refractivity contribution in [2.75, 3.05) is 20.2 Å². The van der Waals surface area contributed by atoms with E-state index < -0.39 is 4.92 Å². The van der Waals surface area contributed by atoms with E-state index in [1.165, 1.54) is 18.2 Å². The van der Waals surface area contributed by atoms with E-state index in [2.05, 4.69) is 0 Å². The molecule has 0 spiro atoms. The number of hydrogen-bond acceptors (Lipinski definition) is 4. The Morgan fingerprint density at radius 1 is 1.45 bits per heavy atom. The van der Waals surface area contributed by atoms with Crippen molar-refractivity contribution < 1.29 is 14.5 Å². The number of piperidine rings is 1. The van der Waals surface area contributed by atoms with Crippen LogP contribution >= 0.6 is 11.6 Å². The number of rotatable bonds is 3. The smallest absolute Gasteiger partial charge is 0.270 e. The molecule has 20 heavy (non-hydrogen) atoms. The van der Waals surface area contributed by atoms with E-state index in [9.17, 15) is 14.9 Å². The van der Waals surface area contributed by atoms with Crippen molar-refractivity contribution in [3.05, 3.63) is 38.9 Å². The van der Waals surface area contributed by atoms with Gasteiger partial charge in [-0.05, 0) is 18.9 Å². The molecule has 0 saturated carbocycles. The second-order valence-electron chi connectivity index (χ2n) is 4.65. The van der Waals surface area contributed by atoms with Crippen molar-refractivity contribution in [1.29, 1.82) is 0 Å². The zero-order valence-electron chi connectivity index (χ0n) is 11.0. The van der Waals surface area contributed by atoms with Gasteiger partial charge in [0.15, 0.2) is 0 Å². The summed E-state index contributed by atoms with van der Waals surface area (Å²) in [6.07, 6.45) is 1.68. The number of non-ortho nitro benzene ring substituents is 1. The van der Waals surface area contributed by atoms with E-state index in [4.69, 9.17) is 16.3 Å². The minimum atomic E-state index is -0.537. The van der Waals surface area contributed by atoms with Gasteiger partial charge < -0.3 is 9.64 Å². The van der Waals surface area contributed by atoms with Crippen LogP contribution in [0.2, 0.25) is 5.02 Å². The van der Waals surface area contributed by atoms with E-state index in [0.717, 1.165) is 12.8 Å². The van der Waals surface area contributed by atoms with Crippen LogP contribution in [-0.4, -0.2) is 42.0 Å². The molecule has 0 unspecified atom stereocenters. The van der Waals surface area contributed by atoms with Gasteiger partial charge in [-0.15, -0.1) is 0 Å². The van der Waals surface area contributed by atoms with E-state index >= 15 is 0 Å². The number of nitrogens with zero attached hydrogens (tertiary/aromatic N) is 2. The largest absolute Gasteiger partial charge is 0.381 e. The van der Waals surface area contributed by atoms with Crippen LogP contribution in [0.3, 0.4) is 0 Å². The Morgan fingerprint density at radius 2 is 2.10 bits per heavy atom. The number of likely N-dealkylation sites (tertiary alicyclic amines) is 1. The second kappa shape index (κ2) is 6.19. The summed E-state index contributed by atoms with van der Waals surface area (Å²) in [6.45, 7) is 1.13. The Kier molecular flexibility index (Phi) is 4.57. The summed E-state index contributed by atoms with van der Waals surface area (Å²) in [5, 5.41) is 11.0. The number of hydrogen-bond donors (Lipinski definition) is 0. The third-order valence-electron chi connectivity index (χ3n) is 3.45. The van der Waals surface area contributed by atoms with Crippen LogP contribution in [0.5, 0.6) is 0 Å². The molecule has 0 aliphatic carbocycles. The van der Waals surface area contributed by atoms with Gasteiger partial charge in [0, 0.05) is 32.3 Å². The lowest BCUT2D eigenvalue weighted by Gasteiger charge is -2.31. The fourth-order valence-electron chi connectivity index (χ4n) is 2.26. The monoisotopic (exact) mass is 298 g/mol. The van der Waals surface area contributed by atoms with Crippen LogP contribution in [0.25, 0.3) is 0 Å². The highest BCUT2D eigenvalue weighted by Crippen LogP contribution is 2.25. The normalized spacial score (nSPS) is 16.2. The number of carbonyl (C=O) groups is 1. The van der Waals surface area contributed by atoms with Crippen LogP contribution in [0.4, 0.5) is 5.69 Å². The first-order valence-electron chi connectivity index (χ1n) is 6.29. The van der Waals surface area contributed by atoms with Gasteiger partial charge in [-0.1, -0.05) is 11.6 Å². The molecule has 0 radical (unpaired) electrons. The van der Waals surface area contributed by atoms with E-state index in [-0.39, 0.29) is 28.3 Å². The number of nitro groups is 1. The van der Waals surface area contributed by atoms with E-state index in [1.54, 1.807) is 12.0 Å². The summed E-state index contributed by atoms with van der Waals surface area (Å²) in [5.41, 5.74) is 0.0428. The lowest BCUT2D eigenvalue weighted by Crippen LogP contribution is -2.40. The van der Waals surface area contributed by atoms with Gasteiger partial charge in [-0.2, -0.15) is 0 Å². The summed E-state index contributed by atoms with van der Waals surface area (Å²) >= 11 is 5.98. The molecule has 0 atom stereocenters. The highest BCUT2D eigenvalue weighted by molar-refractivity contribution is 6.33. The van der Waals surface area contributed by atoms with Crippen LogP contribution < -0.4 is 0 Å².